The first-order valence-corrected chi connectivity index (χ1v) is 8.77. The fraction of sp³-hybridized carbons (Fsp3) is 0.167. The zero-order valence-electron chi connectivity index (χ0n) is 14.7. The molecule has 0 saturated heterocycles. The van der Waals surface area contributed by atoms with Crippen LogP contribution in [-0.4, -0.2) is 28.0 Å². The summed E-state index contributed by atoms with van der Waals surface area (Å²) in [5.41, 5.74) is 7.62. The first-order valence-electron chi connectivity index (χ1n) is 7.98. The highest BCUT2D eigenvalue weighted by atomic mass is 79.9. The van der Waals surface area contributed by atoms with Crippen LogP contribution >= 0.6 is 15.9 Å². The van der Waals surface area contributed by atoms with E-state index in [1.807, 2.05) is 18.2 Å². The average Bonchev–Trinajstić information content (AvgIpc) is 2.99. The van der Waals surface area contributed by atoms with Crippen LogP contribution in [-0.2, 0) is 6.54 Å². The summed E-state index contributed by atoms with van der Waals surface area (Å²) < 4.78 is 21.2. The molecule has 1 heterocycles. The van der Waals surface area contributed by atoms with Gasteiger partial charge in [-0.25, -0.2) is 9.07 Å². The van der Waals surface area contributed by atoms with Gasteiger partial charge in [-0.15, -0.1) is 5.10 Å². The Hall–Kier alpha value is -2.94. The fourth-order valence-corrected chi connectivity index (χ4v) is 2.90. The number of aryl methyl sites for hydroxylation is 1. The molecule has 0 unspecified atom stereocenters. The number of nitrogens with one attached hydrogen (secondary N) is 1. The van der Waals surface area contributed by atoms with E-state index in [1.165, 1.54) is 10.7 Å². The number of nitrogens with two attached hydrogens (primary N) is 1. The van der Waals surface area contributed by atoms with E-state index in [-0.39, 0.29) is 18.1 Å². The molecule has 0 saturated carbocycles. The van der Waals surface area contributed by atoms with Crippen molar-refractivity contribution in [3.05, 3.63) is 63.5 Å². The largest absolute Gasteiger partial charge is 0.496 e. The van der Waals surface area contributed by atoms with Crippen molar-refractivity contribution in [2.24, 2.45) is 0 Å². The molecule has 1 aromatic heterocycles. The van der Waals surface area contributed by atoms with E-state index in [2.05, 4.69) is 31.6 Å². The van der Waals surface area contributed by atoms with E-state index in [1.54, 1.807) is 26.2 Å². The van der Waals surface area contributed by atoms with Gasteiger partial charge in [-0.1, -0.05) is 27.2 Å². The number of ether oxygens (including phenoxy) is 1. The lowest BCUT2D eigenvalue weighted by Crippen LogP contribution is -2.15. The monoisotopic (exact) mass is 433 g/mol. The molecule has 0 spiro atoms. The van der Waals surface area contributed by atoms with Crippen LogP contribution in [0.2, 0.25) is 0 Å². The van der Waals surface area contributed by atoms with Gasteiger partial charge in [0.2, 0.25) is 0 Å². The summed E-state index contributed by atoms with van der Waals surface area (Å²) in [5.74, 6) is -0.217. The van der Waals surface area contributed by atoms with Crippen LogP contribution in [0, 0.1) is 12.7 Å². The van der Waals surface area contributed by atoms with Crippen molar-refractivity contribution in [2.45, 2.75) is 13.5 Å². The number of aromatic nitrogens is 3. The number of methoxy groups -OCH3 is 1. The molecule has 0 aliphatic rings. The molecule has 1 amide bonds. The number of anilines is 2. The van der Waals surface area contributed by atoms with E-state index in [9.17, 15) is 9.18 Å². The van der Waals surface area contributed by atoms with E-state index in [4.69, 9.17) is 10.5 Å². The number of carbonyl (C=O) groups is 1. The third kappa shape index (κ3) is 4.08. The molecule has 3 aromatic rings. The molecular formula is C18H17BrFN5O2. The molecule has 0 aliphatic heterocycles. The molecule has 2 aromatic carbocycles. The Morgan fingerprint density at radius 2 is 2.11 bits per heavy atom. The summed E-state index contributed by atoms with van der Waals surface area (Å²) in [6.07, 6.45) is 0. The summed E-state index contributed by atoms with van der Waals surface area (Å²) in [7, 11) is 1.57. The molecule has 0 bridgehead atoms. The molecule has 140 valence electrons. The zero-order chi connectivity index (χ0) is 19.6. The normalized spacial score (nSPS) is 10.7. The highest BCUT2D eigenvalue weighted by Crippen LogP contribution is 2.25. The van der Waals surface area contributed by atoms with E-state index < -0.39 is 11.7 Å². The lowest BCUT2D eigenvalue weighted by Gasteiger charge is -2.10. The topological polar surface area (TPSA) is 95.1 Å². The SMILES string of the molecule is COc1ccc(Br)cc1Cn1nnc(C(=O)Nc2ccc(C)c(F)c2)c1N. The minimum atomic E-state index is -0.566. The number of hydrogen-bond acceptors (Lipinski definition) is 5. The van der Waals surface area contributed by atoms with Gasteiger partial charge in [0.25, 0.3) is 5.91 Å². The first kappa shape index (κ1) is 18.8. The quantitative estimate of drug-likeness (QED) is 0.642. The first-order chi connectivity index (χ1) is 12.9. The van der Waals surface area contributed by atoms with Crippen molar-refractivity contribution >= 4 is 33.3 Å². The van der Waals surface area contributed by atoms with Gasteiger partial charge in [0.15, 0.2) is 11.5 Å². The molecule has 0 aliphatic carbocycles. The molecule has 3 N–H and O–H groups in total. The van der Waals surface area contributed by atoms with Gasteiger partial charge in [0.05, 0.1) is 13.7 Å². The number of amides is 1. The highest BCUT2D eigenvalue weighted by Gasteiger charge is 2.19. The van der Waals surface area contributed by atoms with Gasteiger partial charge in [-0.3, -0.25) is 4.79 Å². The third-order valence-electron chi connectivity index (χ3n) is 3.98. The second kappa shape index (κ2) is 7.75. The summed E-state index contributed by atoms with van der Waals surface area (Å²) in [5, 5.41) is 10.4. The van der Waals surface area contributed by atoms with Gasteiger partial charge in [0, 0.05) is 15.7 Å². The van der Waals surface area contributed by atoms with Crippen molar-refractivity contribution < 1.29 is 13.9 Å². The number of carbonyl (C=O) groups excluding carboxylic acids is 1. The Bertz CT molecular complexity index is 1010. The van der Waals surface area contributed by atoms with Crippen LogP contribution in [0.5, 0.6) is 5.75 Å². The van der Waals surface area contributed by atoms with Crippen LogP contribution < -0.4 is 15.8 Å². The van der Waals surface area contributed by atoms with E-state index in [0.717, 1.165) is 10.0 Å². The Labute approximate surface area is 163 Å². The Balaban J connectivity index is 1.81. The van der Waals surface area contributed by atoms with Crippen LogP contribution in [0.1, 0.15) is 21.6 Å². The minimum absolute atomic E-state index is 0.0371. The van der Waals surface area contributed by atoms with Crippen molar-refractivity contribution in [2.75, 3.05) is 18.2 Å². The summed E-state index contributed by atoms with van der Waals surface area (Å²) in [6, 6.07) is 9.95. The lowest BCUT2D eigenvalue weighted by atomic mass is 10.2. The predicted molar refractivity (Wildman–Crippen MR) is 103 cm³/mol. The number of rotatable bonds is 5. The maximum Gasteiger partial charge on any atom is 0.280 e. The van der Waals surface area contributed by atoms with Crippen LogP contribution in [0.25, 0.3) is 0 Å². The van der Waals surface area contributed by atoms with Crippen molar-refractivity contribution in [3.8, 4) is 5.75 Å². The highest BCUT2D eigenvalue weighted by molar-refractivity contribution is 9.10. The predicted octanol–water partition coefficient (Wildman–Crippen LogP) is 3.38. The molecule has 3 rings (SSSR count). The molecule has 0 atom stereocenters. The van der Waals surface area contributed by atoms with Gasteiger partial charge >= 0.3 is 0 Å². The molecule has 27 heavy (non-hydrogen) atoms. The minimum Gasteiger partial charge on any atom is -0.496 e. The molecule has 0 radical (unpaired) electrons. The number of halogens is 2. The second-order valence-electron chi connectivity index (χ2n) is 5.86. The number of nitrogens with zero attached hydrogens (tertiary/aromatic N) is 3. The van der Waals surface area contributed by atoms with Crippen LogP contribution in [0.15, 0.2) is 40.9 Å². The van der Waals surface area contributed by atoms with Crippen LogP contribution in [0.3, 0.4) is 0 Å². The third-order valence-corrected chi connectivity index (χ3v) is 4.47. The van der Waals surface area contributed by atoms with E-state index in [0.29, 0.717) is 17.0 Å². The van der Waals surface area contributed by atoms with Gasteiger partial charge < -0.3 is 15.8 Å². The number of hydrogen-bond donors (Lipinski definition) is 2. The van der Waals surface area contributed by atoms with Gasteiger partial charge in [-0.05, 0) is 42.8 Å². The summed E-state index contributed by atoms with van der Waals surface area (Å²) in [4.78, 5) is 12.4. The van der Waals surface area contributed by atoms with Gasteiger partial charge in [0.1, 0.15) is 11.6 Å². The number of nitrogen functional groups attached to an aromatic ring is 1. The van der Waals surface area contributed by atoms with Crippen molar-refractivity contribution in [1.29, 1.82) is 0 Å². The maximum absolute atomic E-state index is 13.6. The Morgan fingerprint density at radius 1 is 1.33 bits per heavy atom. The van der Waals surface area contributed by atoms with Gasteiger partial charge in [-0.2, -0.15) is 0 Å². The molecular weight excluding hydrogens is 417 g/mol. The Morgan fingerprint density at radius 3 is 2.81 bits per heavy atom. The van der Waals surface area contributed by atoms with Crippen molar-refractivity contribution in [1.82, 2.24) is 15.0 Å². The Kier molecular flexibility index (Phi) is 5.41. The summed E-state index contributed by atoms with van der Waals surface area (Å²) >= 11 is 3.41. The molecule has 9 heteroatoms. The molecule has 7 nitrogen and oxygen atoms in total. The standard InChI is InChI=1S/C18H17BrFN5O2/c1-10-3-5-13(8-14(10)20)22-18(26)16-17(21)25(24-23-16)9-11-7-12(19)4-6-15(11)27-2/h3-8H,9,21H2,1-2H3,(H,22,26). The van der Waals surface area contributed by atoms with E-state index >= 15 is 0 Å². The fourth-order valence-electron chi connectivity index (χ4n) is 2.49. The average molecular weight is 434 g/mol. The second-order valence-corrected chi connectivity index (χ2v) is 6.77. The lowest BCUT2D eigenvalue weighted by molar-refractivity contribution is 0.102. The molecule has 0 fully saturated rings. The summed E-state index contributed by atoms with van der Waals surface area (Å²) in [6.45, 7) is 1.91. The van der Waals surface area contributed by atoms with Crippen molar-refractivity contribution in [3.63, 3.8) is 0 Å². The maximum atomic E-state index is 13.6. The smallest absolute Gasteiger partial charge is 0.280 e. The zero-order valence-corrected chi connectivity index (χ0v) is 16.2. The number of benzene rings is 2. The van der Waals surface area contributed by atoms with Crippen LogP contribution in [0.4, 0.5) is 15.9 Å².